The molecule has 0 aliphatic rings. The topological polar surface area (TPSA) is 63.6 Å². The van der Waals surface area contributed by atoms with Crippen molar-refractivity contribution in [3.05, 3.63) is 41.6 Å². The molecule has 2 aromatic heterocycles. The largest absolute Gasteiger partial charge is 0.478 e. The van der Waals surface area contributed by atoms with Gasteiger partial charge in [0.1, 0.15) is 0 Å². The maximum atomic E-state index is 10.8. The van der Waals surface area contributed by atoms with Crippen molar-refractivity contribution in [2.45, 2.75) is 0 Å². The summed E-state index contributed by atoms with van der Waals surface area (Å²) in [4.78, 5) is 21.1. The molecule has 0 atom stereocenters. The lowest BCUT2D eigenvalue weighted by atomic mass is 10.3. The molecule has 0 bridgehead atoms. The highest BCUT2D eigenvalue weighted by Crippen LogP contribution is 2.21. The number of hydrogen-bond donors (Lipinski definition) is 1. The van der Waals surface area contributed by atoms with Crippen LogP contribution in [0.15, 0.2) is 30.5 Å². The molecule has 0 aliphatic carbocycles. The van der Waals surface area contributed by atoms with Crippen LogP contribution in [-0.4, -0.2) is 24.2 Å². The van der Waals surface area contributed by atoms with Gasteiger partial charge in [0, 0.05) is 30.5 Å². The van der Waals surface area contributed by atoms with Gasteiger partial charge in [-0.2, -0.15) is 22.7 Å². The van der Waals surface area contributed by atoms with Gasteiger partial charge in [-0.05, 0) is 31.9 Å². The maximum Gasteiger partial charge on any atom is 0.339 e. The van der Waals surface area contributed by atoms with Gasteiger partial charge in [0.05, 0.1) is 18.2 Å². The van der Waals surface area contributed by atoms with E-state index in [1.165, 1.54) is 29.8 Å². The fraction of sp³-hybridized carbons (Fsp3) is 0.0909. The van der Waals surface area contributed by atoms with Gasteiger partial charge in [0.25, 0.3) is 0 Å². The Kier molecular flexibility index (Phi) is 6.70. The standard InChI is InChI=1S/C6H5BrO2S.C5H3BrO2S/c1-9-6(8)4-2-10-3-5(4)7;6-4-2-9-1-3(4)5(7)8/h2-3H,1H3;1-2H,(H,7,8). The summed E-state index contributed by atoms with van der Waals surface area (Å²) in [5.41, 5.74) is 0.924. The predicted octanol–water partition coefficient (Wildman–Crippen LogP) is 4.51. The molecule has 0 unspecified atom stereocenters. The van der Waals surface area contributed by atoms with E-state index in [1.807, 2.05) is 5.38 Å². The first-order valence-electron chi connectivity index (χ1n) is 4.72. The van der Waals surface area contributed by atoms with Crippen LogP contribution in [-0.2, 0) is 4.74 Å². The highest BCUT2D eigenvalue weighted by atomic mass is 79.9. The minimum Gasteiger partial charge on any atom is -0.478 e. The van der Waals surface area contributed by atoms with E-state index in [0.29, 0.717) is 15.6 Å². The first-order chi connectivity index (χ1) is 8.97. The molecular formula is C11H8Br2O4S2. The van der Waals surface area contributed by atoms with Crippen molar-refractivity contribution in [1.82, 2.24) is 0 Å². The average Bonchev–Trinajstić information content (AvgIpc) is 2.97. The highest BCUT2D eigenvalue weighted by Gasteiger charge is 2.09. The normalized spacial score (nSPS) is 9.42. The van der Waals surface area contributed by atoms with E-state index in [2.05, 4.69) is 36.6 Å². The van der Waals surface area contributed by atoms with Crippen LogP contribution in [0.2, 0.25) is 0 Å². The smallest absolute Gasteiger partial charge is 0.339 e. The SMILES string of the molecule is COC(=O)c1cscc1Br.O=C(O)c1cscc1Br. The number of carboxylic acid groups (broad SMARTS) is 1. The molecule has 1 N–H and O–H groups in total. The van der Waals surface area contributed by atoms with Crippen LogP contribution < -0.4 is 0 Å². The van der Waals surface area contributed by atoms with Crippen LogP contribution in [0.4, 0.5) is 0 Å². The van der Waals surface area contributed by atoms with Gasteiger partial charge < -0.3 is 9.84 Å². The molecule has 0 saturated carbocycles. The molecule has 0 aliphatic heterocycles. The number of aromatic carboxylic acids is 1. The molecule has 2 heterocycles. The van der Waals surface area contributed by atoms with Gasteiger partial charge in [-0.1, -0.05) is 0 Å². The lowest BCUT2D eigenvalue weighted by Crippen LogP contribution is -1.99. The summed E-state index contributed by atoms with van der Waals surface area (Å²) < 4.78 is 5.96. The van der Waals surface area contributed by atoms with Crippen LogP contribution in [0, 0.1) is 0 Å². The van der Waals surface area contributed by atoms with E-state index in [9.17, 15) is 9.59 Å². The van der Waals surface area contributed by atoms with E-state index in [0.717, 1.165) is 4.47 Å². The molecule has 8 heteroatoms. The zero-order valence-electron chi connectivity index (χ0n) is 9.55. The van der Waals surface area contributed by atoms with Crippen LogP contribution in [0.3, 0.4) is 0 Å². The molecule has 0 fully saturated rings. The Balaban J connectivity index is 0.000000191. The van der Waals surface area contributed by atoms with E-state index < -0.39 is 5.97 Å². The maximum absolute atomic E-state index is 10.8. The highest BCUT2D eigenvalue weighted by molar-refractivity contribution is 9.11. The molecule has 2 aromatic rings. The van der Waals surface area contributed by atoms with Crippen molar-refractivity contribution in [3.8, 4) is 0 Å². The Morgan fingerprint density at radius 3 is 1.79 bits per heavy atom. The van der Waals surface area contributed by atoms with Gasteiger partial charge in [-0.3, -0.25) is 0 Å². The number of rotatable bonds is 2. The summed E-state index contributed by atoms with van der Waals surface area (Å²) in [6.45, 7) is 0. The first kappa shape index (κ1) is 16.4. The minimum atomic E-state index is -0.886. The molecule has 102 valence electrons. The Labute approximate surface area is 134 Å². The van der Waals surface area contributed by atoms with Gasteiger partial charge in [-0.25, -0.2) is 9.59 Å². The number of carbonyl (C=O) groups is 2. The van der Waals surface area contributed by atoms with Crippen LogP contribution in [0.25, 0.3) is 0 Å². The van der Waals surface area contributed by atoms with Crippen molar-refractivity contribution < 1.29 is 19.4 Å². The monoisotopic (exact) mass is 426 g/mol. The molecule has 0 saturated heterocycles. The number of methoxy groups -OCH3 is 1. The van der Waals surface area contributed by atoms with Crippen LogP contribution in [0.5, 0.6) is 0 Å². The van der Waals surface area contributed by atoms with E-state index in [4.69, 9.17) is 5.11 Å². The quantitative estimate of drug-likeness (QED) is 0.716. The zero-order chi connectivity index (χ0) is 14.4. The third-order valence-electron chi connectivity index (χ3n) is 1.87. The third kappa shape index (κ3) is 4.72. The van der Waals surface area contributed by atoms with Crippen molar-refractivity contribution in [3.63, 3.8) is 0 Å². The van der Waals surface area contributed by atoms with E-state index in [1.54, 1.807) is 16.1 Å². The van der Waals surface area contributed by atoms with Gasteiger partial charge in [0.15, 0.2) is 0 Å². The first-order valence-corrected chi connectivity index (χ1v) is 8.19. The predicted molar refractivity (Wildman–Crippen MR) is 82.3 cm³/mol. The number of thiophene rings is 2. The number of hydrogen-bond acceptors (Lipinski definition) is 5. The summed E-state index contributed by atoms with van der Waals surface area (Å²) in [7, 11) is 1.37. The van der Waals surface area contributed by atoms with Gasteiger partial charge in [0.2, 0.25) is 0 Å². The van der Waals surface area contributed by atoms with Gasteiger partial charge >= 0.3 is 11.9 Å². The van der Waals surface area contributed by atoms with Crippen molar-refractivity contribution in [1.29, 1.82) is 0 Å². The molecule has 0 spiro atoms. The molecule has 4 nitrogen and oxygen atoms in total. The van der Waals surface area contributed by atoms with Crippen molar-refractivity contribution >= 4 is 66.5 Å². The second kappa shape index (κ2) is 7.78. The number of carbonyl (C=O) groups excluding carboxylic acids is 1. The Hall–Kier alpha value is -0.700. The molecule has 19 heavy (non-hydrogen) atoms. The Bertz CT molecular complexity index is 577. The number of halogens is 2. The fourth-order valence-electron chi connectivity index (χ4n) is 0.971. The average molecular weight is 428 g/mol. The van der Waals surface area contributed by atoms with Crippen LogP contribution >= 0.6 is 54.5 Å². The summed E-state index contributed by atoms with van der Waals surface area (Å²) in [5, 5.41) is 15.3. The summed E-state index contributed by atoms with van der Waals surface area (Å²) in [5.74, 6) is -1.18. The lowest BCUT2D eigenvalue weighted by Gasteiger charge is -1.93. The molecule has 0 aromatic carbocycles. The van der Waals surface area contributed by atoms with E-state index >= 15 is 0 Å². The summed E-state index contributed by atoms with van der Waals surface area (Å²) >= 11 is 9.14. The number of carboxylic acids is 1. The van der Waals surface area contributed by atoms with Crippen molar-refractivity contribution in [2.75, 3.05) is 7.11 Å². The van der Waals surface area contributed by atoms with Crippen molar-refractivity contribution in [2.24, 2.45) is 0 Å². The van der Waals surface area contributed by atoms with Crippen LogP contribution in [0.1, 0.15) is 20.7 Å². The molecule has 0 amide bonds. The molecule has 0 radical (unpaired) electrons. The van der Waals surface area contributed by atoms with E-state index in [-0.39, 0.29) is 5.97 Å². The fourth-order valence-corrected chi connectivity index (χ4v) is 3.83. The minimum absolute atomic E-state index is 0.298. The number of esters is 1. The molecule has 2 rings (SSSR count). The second-order valence-corrected chi connectivity index (χ2v) is 6.26. The summed E-state index contributed by atoms with van der Waals surface area (Å²) in [6, 6.07) is 0. The Morgan fingerprint density at radius 2 is 1.53 bits per heavy atom. The number of ether oxygens (including phenoxy) is 1. The Morgan fingerprint density at radius 1 is 1.05 bits per heavy atom. The van der Waals surface area contributed by atoms with Gasteiger partial charge in [-0.15, -0.1) is 0 Å². The third-order valence-corrected chi connectivity index (χ3v) is 5.27. The summed E-state index contributed by atoms with van der Waals surface area (Å²) in [6.07, 6.45) is 0. The zero-order valence-corrected chi connectivity index (χ0v) is 14.4. The lowest BCUT2D eigenvalue weighted by molar-refractivity contribution is 0.0599. The second-order valence-electron chi connectivity index (χ2n) is 3.06. The molecular weight excluding hydrogens is 420 g/mol.